The minimum Gasteiger partial charge on any atom is -0.339 e. The van der Waals surface area contributed by atoms with Crippen LogP contribution in [0.2, 0.25) is 0 Å². The molecule has 0 bridgehead atoms. The van der Waals surface area contributed by atoms with E-state index in [2.05, 4.69) is 6.58 Å². The van der Waals surface area contributed by atoms with Crippen molar-refractivity contribution in [3.05, 3.63) is 49.2 Å². The topological polar surface area (TPSA) is 45.6 Å². The number of benzene rings is 1. The molecule has 2 amide bonds. The number of rotatable bonds is 4. The molecule has 1 aliphatic heterocycles. The molecule has 0 radical (unpaired) electrons. The summed E-state index contributed by atoms with van der Waals surface area (Å²) in [4.78, 5) is 27.7. The molecule has 0 saturated carbocycles. The predicted molar refractivity (Wildman–Crippen MR) is 89.9 cm³/mol. The molecule has 2 aromatic rings. The van der Waals surface area contributed by atoms with Crippen molar-refractivity contribution in [1.29, 1.82) is 0 Å². The Balaban J connectivity index is 1.66. The standard InChI is InChI=1S/C18H21N3O2/c1-3-17(22)21-11-9-15(12-21)19(2)18(23)13-20-10-8-14-6-4-5-7-16(14)20/h3-8,10,15H,1,9,11-13H2,2H3/t15-/m0/s1. The minimum atomic E-state index is -0.0650. The molecule has 1 aromatic heterocycles. The van der Waals surface area contributed by atoms with Crippen molar-refractivity contribution in [1.82, 2.24) is 14.4 Å². The van der Waals surface area contributed by atoms with Crippen molar-refractivity contribution in [3.63, 3.8) is 0 Å². The molecule has 1 aliphatic rings. The van der Waals surface area contributed by atoms with Gasteiger partial charge < -0.3 is 14.4 Å². The average molecular weight is 311 g/mol. The Labute approximate surface area is 135 Å². The first kappa shape index (κ1) is 15.3. The molecule has 0 aliphatic carbocycles. The van der Waals surface area contributed by atoms with E-state index in [1.165, 1.54) is 6.08 Å². The van der Waals surface area contributed by atoms with Crippen LogP contribution in [-0.2, 0) is 16.1 Å². The van der Waals surface area contributed by atoms with Gasteiger partial charge in [0.25, 0.3) is 0 Å². The molecule has 0 N–H and O–H groups in total. The van der Waals surface area contributed by atoms with Gasteiger partial charge in [-0.1, -0.05) is 24.8 Å². The van der Waals surface area contributed by atoms with Crippen molar-refractivity contribution >= 4 is 22.7 Å². The molecule has 2 heterocycles. The lowest BCUT2D eigenvalue weighted by Crippen LogP contribution is -2.41. The number of likely N-dealkylation sites (N-methyl/N-ethyl adjacent to an activating group) is 1. The van der Waals surface area contributed by atoms with Crippen LogP contribution < -0.4 is 0 Å². The number of likely N-dealkylation sites (tertiary alicyclic amines) is 1. The first-order chi connectivity index (χ1) is 11.1. The second-order valence-electron chi connectivity index (χ2n) is 5.94. The third-order valence-electron chi connectivity index (χ3n) is 4.58. The zero-order valence-electron chi connectivity index (χ0n) is 13.3. The maximum absolute atomic E-state index is 12.6. The maximum Gasteiger partial charge on any atom is 0.246 e. The molecule has 23 heavy (non-hydrogen) atoms. The number of para-hydroxylation sites is 1. The van der Waals surface area contributed by atoms with Gasteiger partial charge in [-0.05, 0) is 30.0 Å². The van der Waals surface area contributed by atoms with E-state index in [0.29, 0.717) is 19.6 Å². The molecule has 1 aromatic carbocycles. The molecule has 0 spiro atoms. The van der Waals surface area contributed by atoms with Crippen molar-refractivity contribution in [2.75, 3.05) is 20.1 Å². The highest BCUT2D eigenvalue weighted by Crippen LogP contribution is 2.18. The molecule has 5 nitrogen and oxygen atoms in total. The van der Waals surface area contributed by atoms with Gasteiger partial charge in [0.05, 0.1) is 6.04 Å². The Hall–Kier alpha value is -2.56. The lowest BCUT2D eigenvalue weighted by Gasteiger charge is -2.25. The van der Waals surface area contributed by atoms with Crippen LogP contribution in [-0.4, -0.2) is 52.4 Å². The largest absolute Gasteiger partial charge is 0.339 e. The van der Waals surface area contributed by atoms with Crippen molar-refractivity contribution < 1.29 is 9.59 Å². The van der Waals surface area contributed by atoms with E-state index in [1.54, 1.807) is 9.80 Å². The van der Waals surface area contributed by atoms with E-state index in [0.717, 1.165) is 17.3 Å². The van der Waals surface area contributed by atoms with Crippen LogP contribution in [0.3, 0.4) is 0 Å². The number of carbonyl (C=O) groups is 2. The van der Waals surface area contributed by atoms with Crippen LogP contribution in [0.4, 0.5) is 0 Å². The fourth-order valence-electron chi connectivity index (χ4n) is 3.13. The number of hydrogen-bond donors (Lipinski definition) is 0. The lowest BCUT2D eigenvalue weighted by molar-refractivity contribution is -0.133. The molecule has 5 heteroatoms. The zero-order chi connectivity index (χ0) is 16.4. The second-order valence-corrected chi connectivity index (χ2v) is 5.94. The van der Waals surface area contributed by atoms with Gasteiger partial charge in [-0.2, -0.15) is 0 Å². The van der Waals surface area contributed by atoms with Gasteiger partial charge in [-0.25, -0.2) is 0 Å². The monoisotopic (exact) mass is 311 g/mol. The van der Waals surface area contributed by atoms with Gasteiger partial charge in [-0.15, -0.1) is 0 Å². The Morgan fingerprint density at radius 1 is 1.35 bits per heavy atom. The highest BCUT2D eigenvalue weighted by Gasteiger charge is 2.30. The van der Waals surface area contributed by atoms with Gasteiger partial charge >= 0.3 is 0 Å². The van der Waals surface area contributed by atoms with Gasteiger partial charge in [0.15, 0.2) is 0 Å². The third-order valence-corrected chi connectivity index (χ3v) is 4.58. The van der Waals surface area contributed by atoms with Crippen LogP contribution in [0, 0.1) is 0 Å². The van der Waals surface area contributed by atoms with Crippen molar-refractivity contribution in [2.45, 2.75) is 19.0 Å². The number of amides is 2. The summed E-state index contributed by atoms with van der Waals surface area (Å²) >= 11 is 0. The smallest absolute Gasteiger partial charge is 0.246 e. The van der Waals surface area contributed by atoms with Crippen LogP contribution in [0.5, 0.6) is 0 Å². The summed E-state index contributed by atoms with van der Waals surface area (Å²) in [7, 11) is 1.82. The molecule has 3 rings (SSSR count). The summed E-state index contributed by atoms with van der Waals surface area (Å²) in [5.41, 5.74) is 1.06. The van der Waals surface area contributed by atoms with Gasteiger partial charge in [0.2, 0.25) is 11.8 Å². The first-order valence-corrected chi connectivity index (χ1v) is 7.81. The summed E-state index contributed by atoms with van der Waals surface area (Å²) < 4.78 is 1.97. The molecule has 0 unspecified atom stereocenters. The predicted octanol–water partition coefficient (Wildman–Crippen LogP) is 1.89. The highest BCUT2D eigenvalue weighted by molar-refractivity contribution is 5.87. The van der Waals surface area contributed by atoms with Crippen molar-refractivity contribution in [3.8, 4) is 0 Å². The van der Waals surface area contributed by atoms with E-state index in [1.807, 2.05) is 48.1 Å². The SMILES string of the molecule is C=CC(=O)N1CC[C@H](N(C)C(=O)Cn2ccc3ccccc32)C1. The number of fused-ring (bicyclic) bond motifs is 1. The van der Waals surface area contributed by atoms with Crippen LogP contribution >= 0.6 is 0 Å². The quantitative estimate of drug-likeness (QED) is 0.810. The zero-order valence-corrected chi connectivity index (χ0v) is 13.3. The van der Waals surface area contributed by atoms with E-state index in [9.17, 15) is 9.59 Å². The van der Waals surface area contributed by atoms with Crippen LogP contribution in [0.1, 0.15) is 6.42 Å². The molecular formula is C18H21N3O2. The Bertz CT molecular complexity index is 750. The molecule has 1 atom stereocenters. The summed E-state index contributed by atoms with van der Waals surface area (Å²) in [6, 6.07) is 10.1. The number of nitrogens with zero attached hydrogens (tertiary/aromatic N) is 3. The van der Waals surface area contributed by atoms with E-state index in [-0.39, 0.29) is 17.9 Å². The van der Waals surface area contributed by atoms with Gasteiger partial charge in [0.1, 0.15) is 6.54 Å². The maximum atomic E-state index is 12.6. The molecular weight excluding hydrogens is 290 g/mol. The Morgan fingerprint density at radius 3 is 2.91 bits per heavy atom. The lowest BCUT2D eigenvalue weighted by atomic mass is 10.2. The normalized spacial score (nSPS) is 17.4. The Morgan fingerprint density at radius 2 is 2.13 bits per heavy atom. The van der Waals surface area contributed by atoms with E-state index >= 15 is 0 Å². The summed E-state index contributed by atoms with van der Waals surface area (Å²) in [5, 5.41) is 1.13. The fraction of sp³-hybridized carbons (Fsp3) is 0.333. The van der Waals surface area contributed by atoms with Gasteiger partial charge in [-0.3, -0.25) is 9.59 Å². The molecule has 120 valence electrons. The number of carbonyl (C=O) groups excluding carboxylic acids is 2. The van der Waals surface area contributed by atoms with Crippen LogP contribution in [0.15, 0.2) is 49.2 Å². The molecule has 1 fully saturated rings. The fourth-order valence-corrected chi connectivity index (χ4v) is 3.13. The number of aromatic nitrogens is 1. The summed E-state index contributed by atoms with van der Waals surface area (Å²) in [6.45, 7) is 5.09. The molecule has 1 saturated heterocycles. The Kier molecular flexibility index (Phi) is 4.19. The number of hydrogen-bond acceptors (Lipinski definition) is 2. The minimum absolute atomic E-state index is 0.0595. The van der Waals surface area contributed by atoms with E-state index < -0.39 is 0 Å². The third kappa shape index (κ3) is 2.99. The first-order valence-electron chi connectivity index (χ1n) is 7.81. The van der Waals surface area contributed by atoms with Crippen molar-refractivity contribution in [2.24, 2.45) is 0 Å². The summed E-state index contributed by atoms with van der Waals surface area (Å²) in [6.07, 6.45) is 4.09. The second kappa shape index (κ2) is 6.28. The highest BCUT2D eigenvalue weighted by atomic mass is 16.2. The van der Waals surface area contributed by atoms with Gasteiger partial charge in [0, 0.05) is 31.9 Å². The van der Waals surface area contributed by atoms with Crippen LogP contribution in [0.25, 0.3) is 10.9 Å². The average Bonchev–Trinajstić information content (AvgIpc) is 3.21. The summed E-state index contributed by atoms with van der Waals surface area (Å²) in [5.74, 6) is -0.00555. The van der Waals surface area contributed by atoms with E-state index in [4.69, 9.17) is 0 Å².